The molecule has 0 nitrogen and oxygen atoms in total. The molecule has 0 aromatic heterocycles. The van der Waals surface area contributed by atoms with E-state index >= 15 is 0 Å². The van der Waals surface area contributed by atoms with Crippen LogP contribution >= 0.6 is 0 Å². The number of unbranched alkanes of at least 4 members (excludes halogenated alkanes) is 7. The molecule has 0 bridgehead atoms. The van der Waals surface area contributed by atoms with E-state index in [4.69, 9.17) is 0 Å². The molecule has 0 amide bonds. The van der Waals surface area contributed by atoms with Crippen LogP contribution in [0.2, 0.25) is 0 Å². The fraction of sp³-hybridized carbons (Fsp3) is 0.613. The smallest absolute Gasteiger partial charge is 0.0249 e. The Labute approximate surface area is 193 Å². The topological polar surface area (TPSA) is 0 Å². The standard InChI is InChI=1S/C31H44/c1-3-5-7-9-13-17-29-24-26-31(27-25-29)19-15-11-10-14-18-30-22-20-28(21-23-30)16-12-8-6-4-2/h10-11,24-28,30H,3-9,12-13,16-17,20-23H2,1-2H3. The lowest BCUT2D eigenvalue weighted by Crippen LogP contribution is -2.13. The van der Waals surface area contributed by atoms with Crippen LogP contribution in [-0.4, -0.2) is 0 Å². The second-order valence-electron chi connectivity index (χ2n) is 9.32. The molecule has 0 atom stereocenters. The Hall–Kier alpha value is -1.92. The zero-order valence-corrected chi connectivity index (χ0v) is 20.2. The molecule has 0 radical (unpaired) electrons. The van der Waals surface area contributed by atoms with E-state index in [1.54, 1.807) is 0 Å². The lowest BCUT2D eigenvalue weighted by molar-refractivity contribution is 0.294. The first kappa shape index (κ1) is 25.3. The van der Waals surface area contributed by atoms with E-state index < -0.39 is 0 Å². The minimum Gasteiger partial charge on any atom is -0.0951 e. The second-order valence-corrected chi connectivity index (χ2v) is 9.32. The van der Waals surface area contributed by atoms with Crippen molar-refractivity contribution in [1.82, 2.24) is 0 Å². The highest BCUT2D eigenvalue weighted by Gasteiger charge is 2.19. The maximum atomic E-state index is 3.45. The highest BCUT2D eigenvalue weighted by molar-refractivity contribution is 5.39. The van der Waals surface area contributed by atoms with E-state index in [2.05, 4.69) is 61.8 Å². The number of hydrogen-bond acceptors (Lipinski definition) is 0. The molecule has 0 unspecified atom stereocenters. The SMILES string of the molecule is CCCCCCCc1ccc(C#CC=CC#CC2CCC(CCCCCC)CC2)cc1. The molecule has 1 aliphatic rings. The fourth-order valence-corrected chi connectivity index (χ4v) is 4.52. The van der Waals surface area contributed by atoms with Crippen LogP contribution in [0.25, 0.3) is 0 Å². The molecular weight excluding hydrogens is 372 g/mol. The summed E-state index contributed by atoms with van der Waals surface area (Å²) in [6, 6.07) is 8.75. The molecular formula is C31H44. The van der Waals surface area contributed by atoms with Crippen molar-refractivity contribution in [2.45, 2.75) is 110 Å². The molecule has 0 heteroatoms. The number of benzene rings is 1. The first-order chi connectivity index (χ1) is 15.3. The average molecular weight is 417 g/mol. The zero-order chi connectivity index (χ0) is 22.0. The van der Waals surface area contributed by atoms with Gasteiger partial charge in [-0.15, -0.1) is 0 Å². The molecule has 31 heavy (non-hydrogen) atoms. The predicted molar refractivity (Wildman–Crippen MR) is 137 cm³/mol. The van der Waals surface area contributed by atoms with Crippen LogP contribution in [0.3, 0.4) is 0 Å². The molecule has 2 rings (SSSR count). The van der Waals surface area contributed by atoms with Gasteiger partial charge in [0.1, 0.15) is 0 Å². The van der Waals surface area contributed by atoms with Crippen molar-refractivity contribution >= 4 is 0 Å². The molecule has 1 aromatic carbocycles. The molecule has 168 valence electrons. The predicted octanol–water partition coefficient (Wildman–Crippen LogP) is 8.89. The summed E-state index contributed by atoms with van der Waals surface area (Å²) in [5, 5.41) is 0. The Balaban J connectivity index is 1.63. The van der Waals surface area contributed by atoms with Crippen molar-refractivity contribution in [3.63, 3.8) is 0 Å². The largest absolute Gasteiger partial charge is 0.0951 e. The number of allylic oxidation sites excluding steroid dienone is 2. The van der Waals surface area contributed by atoms with E-state index in [0.29, 0.717) is 5.92 Å². The monoisotopic (exact) mass is 416 g/mol. The van der Waals surface area contributed by atoms with Crippen LogP contribution in [-0.2, 0) is 6.42 Å². The second kappa shape index (κ2) is 16.7. The van der Waals surface area contributed by atoms with E-state index in [-0.39, 0.29) is 0 Å². The summed E-state index contributed by atoms with van der Waals surface area (Å²) in [5.74, 6) is 14.6. The Morgan fingerprint density at radius 3 is 2.10 bits per heavy atom. The lowest BCUT2D eigenvalue weighted by atomic mass is 9.80. The molecule has 0 N–H and O–H groups in total. The van der Waals surface area contributed by atoms with E-state index in [1.165, 1.54) is 102 Å². The first-order valence-electron chi connectivity index (χ1n) is 13.1. The van der Waals surface area contributed by atoms with Crippen LogP contribution in [0.5, 0.6) is 0 Å². The Morgan fingerprint density at radius 2 is 1.39 bits per heavy atom. The van der Waals surface area contributed by atoms with Gasteiger partial charge in [-0.2, -0.15) is 0 Å². The number of rotatable bonds is 11. The molecule has 0 heterocycles. The maximum Gasteiger partial charge on any atom is 0.0249 e. The molecule has 0 saturated heterocycles. The Morgan fingerprint density at radius 1 is 0.742 bits per heavy atom. The normalized spacial score (nSPS) is 18.3. The van der Waals surface area contributed by atoms with Crippen LogP contribution in [0.4, 0.5) is 0 Å². The zero-order valence-electron chi connectivity index (χ0n) is 20.2. The van der Waals surface area contributed by atoms with Crippen molar-refractivity contribution in [3.05, 3.63) is 47.5 Å². The van der Waals surface area contributed by atoms with Crippen LogP contribution < -0.4 is 0 Å². The average Bonchev–Trinajstić information content (AvgIpc) is 2.80. The van der Waals surface area contributed by atoms with E-state index in [9.17, 15) is 0 Å². The summed E-state index contributed by atoms with van der Waals surface area (Å²) >= 11 is 0. The minimum atomic E-state index is 0.596. The van der Waals surface area contributed by atoms with Gasteiger partial charge in [-0.3, -0.25) is 0 Å². The summed E-state index contributed by atoms with van der Waals surface area (Å²) in [7, 11) is 0. The van der Waals surface area contributed by atoms with Gasteiger partial charge in [-0.05, 0) is 74.3 Å². The molecule has 1 aromatic rings. The fourth-order valence-electron chi connectivity index (χ4n) is 4.52. The van der Waals surface area contributed by atoms with Gasteiger partial charge in [0.2, 0.25) is 0 Å². The molecule has 0 spiro atoms. The van der Waals surface area contributed by atoms with Crippen LogP contribution in [0.15, 0.2) is 36.4 Å². The minimum absolute atomic E-state index is 0.596. The van der Waals surface area contributed by atoms with Crippen molar-refractivity contribution in [3.8, 4) is 23.7 Å². The summed E-state index contributed by atoms with van der Waals surface area (Å²) in [5.41, 5.74) is 2.52. The van der Waals surface area contributed by atoms with Gasteiger partial charge >= 0.3 is 0 Å². The Bertz CT molecular complexity index is 720. The summed E-state index contributed by atoms with van der Waals surface area (Å²) < 4.78 is 0. The summed E-state index contributed by atoms with van der Waals surface area (Å²) in [6.45, 7) is 4.56. The molecule has 1 saturated carbocycles. The third-order valence-corrected chi connectivity index (χ3v) is 6.59. The van der Waals surface area contributed by atoms with Crippen molar-refractivity contribution in [2.75, 3.05) is 0 Å². The van der Waals surface area contributed by atoms with Gasteiger partial charge in [0.25, 0.3) is 0 Å². The van der Waals surface area contributed by atoms with Gasteiger partial charge in [0, 0.05) is 11.5 Å². The van der Waals surface area contributed by atoms with E-state index in [0.717, 1.165) is 11.5 Å². The number of hydrogen-bond donors (Lipinski definition) is 0. The molecule has 1 aliphatic carbocycles. The third kappa shape index (κ3) is 11.9. The lowest BCUT2D eigenvalue weighted by Gasteiger charge is -2.25. The van der Waals surface area contributed by atoms with Gasteiger partial charge in [0.05, 0.1) is 0 Å². The van der Waals surface area contributed by atoms with Crippen LogP contribution in [0, 0.1) is 35.5 Å². The highest BCUT2D eigenvalue weighted by atomic mass is 14.2. The molecule has 0 aliphatic heterocycles. The molecule has 1 fully saturated rings. The Kier molecular flexibility index (Phi) is 13.7. The van der Waals surface area contributed by atoms with E-state index in [1.807, 2.05) is 12.2 Å². The van der Waals surface area contributed by atoms with Gasteiger partial charge in [0.15, 0.2) is 0 Å². The quantitative estimate of drug-likeness (QED) is 0.249. The first-order valence-corrected chi connectivity index (χ1v) is 13.1. The maximum absolute atomic E-state index is 3.45. The third-order valence-electron chi connectivity index (χ3n) is 6.59. The van der Waals surface area contributed by atoms with Crippen molar-refractivity contribution in [2.24, 2.45) is 11.8 Å². The van der Waals surface area contributed by atoms with Gasteiger partial charge in [-0.25, -0.2) is 0 Å². The van der Waals surface area contributed by atoms with Gasteiger partial charge in [-0.1, -0.05) is 107 Å². The van der Waals surface area contributed by atoms with Gasteiger partial charge < -0.3 is 0 Å². The summed E-state index contributed by atoms with van der Waals surface area (Å²) in [4.78, 5) is 0. The summed E-state index contributed by atoms with van der Waals surface area (Å²) in [6.07, 6.45) is 24.1. The highest BCUT2D eigenvalue weighted by Crippen LogP contribution is 2.31. The van der Waals surface area contributed by atoms with Crippen molar-refractivity contribution in [1.29, 1.82) is 0 Å². The van der Waals surface area contributed by atoms with Crippen molar-refractivity contribution < 1.29 is 0 Å². The van der Waals surface area contributed by atoms with Crippen LogP contribution in [0.1, 0.15) is 115 Å². The number of aryl methyl sites for hydroxylation is 1.